The molecule has 1 fully saturated rings. The average molecular weight is 541 g/mol. The summed E-state index contributed by atoms with van der Waals surface area (Å²) in [5.74, 6) is -5.51. The number of hydrogen-bond donors (Lipinski definition) is 3. The topological polar surface area (TPSA) is 114 Å². The van der Waals surface area contributed by atoms with E-state index in [1.165, 1.54) is 16.5 Å². The number of pyridine rings is 1. The first kappa shape index (κ1) is 32.1. The van der Waals surface area contributed by atoms with Gasteiger partial charge in [-0.1, -0.05) is 18.2 Å². The Balaban J connectivity index is 0.000000404. The van der Waals surface area contributed by atoms with Gasteiger partial charge in [-0.05, 0) is 44.5 Å². The van der Waals surface area contributed by atoms with E-state index in [9.17, 15) is 31.4 Å². The monoisotopic (exact) mass is 541 g/mol. The van der Waals surface area contributed by atoms with Gasteiger partial charge >= 0.3 is 24.3 Å². The van der Waals surface area contributed by atoms with E-state index >= 15 is 0 Å². The summed E-state index contributed by atoms with van der Waals surface area (Å²) in [5, 5.41) is 24.8. The number of carboxylic acids is 2. The van der Waals surface area contributed by atoms with Crippen molar-refractivity contribution in [1.82, 2.24) is 14.8 Å². The molecule has 37 heavy (non-hydrogen) atoms. The SMILES string of the molecule is Cc1cc(CN2CCN(C)C(CCO)C2)c2cccc(C)c2n1.O=C(O)C(F)(F)F.O=C(O)C(F)(F)F. The Morgan fingerprint density at radius 1 is 1.03 bits per heavy atom. The molecule has 0 bridgehead atoms. The number of carboxylic acid groups (broad SMARTS) is 2. The Hall–Kier alpha value is -2.97. The van der Waals surface area contributed by atoms with Gasteiger partial charge in [0.05, 0.1) is 5.52 Å². The number of aliphatic carboxylic acids is 2. The molecule has 0 amide bonds. The lowest BCUT2D eigenvalue weighted by Gasteiger charge is -2.39. The van der Waals surface area contributed by atoms with E-state index in [1.807, 2.05) is 0 Å². The molecular weight excluding hydrogens is 512 g/mol. The van der Waals surface area contributed by atoms with Crippen LogP contribution >= 0.6 is 0 Å². The maximum atomic E-state index is 10.6. The predicted molar refractivity (Wildman–Crippen MR) is 122 cm³/mol. The normalized spacial score (nSPS) is 16.9. The van der Waals surface area contributed by atoms with Crippen molar-refractivity contribution in [3.05, 3.63) is 41.1 Å². The summed E-state index contributed by atoms with van der Waals surface area (Å²) in [4.78, 5) is 27.4. The van der Waals surface area contributed by atoms with Crippen molar-refractivity contribution in [3.8, 4) is 0 Å². The molecule has 8 nitrogen and oxygen atoms in total. The minimum absolute atomic E-state index is 0.263. The maximum absolute atomic E-state index is 10.6. The van der Waals surface area contributed by atoms with Crippen LogP contribution in [0.2, 0.25) is 0 Å². The lowest BCUT2D eigenvalue weighted by Crippen LogP contribution is -2.51. The minimum Gasteiger partial charge on any atom is -0.475 e. The highest BCUT2D eigenvalue weighted by Crippen LogP contribution is 2.24. The van der Waals surface area contributed by atoms with Crippen molar-refractivity contribution in [2.24, 2.45) is 0 Å². The molecule has 2 aromatic rings. The van der Waals surface area contributed by atoms with Crippen LogP contribution in [-0.4, -0.2) is 93.7 Å². The molecular formula is C23H29F6N3O5. The smallest absolute Gasteiger partial charge is 0.475 e. The van der Waals surface area contributed by atoms with Crippen molar-refractivity contribution in [2.75, 3.05) is 33.3 Å². The van der Waals surface area contributed by atoms with Crippen molar-refractivity contribution in [1.29, 1.82) is 0 Å². The molecule has 1 aromatic carbocycles. The molecule has 0 aliphatic carbocycles. The van der Waals surface area contributed by atoms with Crippen LogP contribution in [0.3, 0.4) is 0 Å². The highest BCUT2D eigenvalue weighted by Gasteiger charge is 2.38. The van der Waals surface area contributed by atoms with Gasteiger partial charge in [0.25, 0.3) is 0 Å². The number of fused-ring (bicyclic) bond motifs is 1. The summed E-state index contributed by atoms with van der Waals surface area (Å²) in [6.07, 6.45) is -9.32. The predicted octanol–water partition coefficient (Wildman–Crippen LogP) is 3.62. The second kappa shape index (κ2) is 13.5. The Labute approximate surface area is 209 Å². The first-order chi connectivity index (χ1) is 17.0. The zero-order valence-corrected chi connectivity index (χ0v) is 20.4. The summed E-state index contributed by atoms with van der Waals surface area (Å²) in [6, 6.07) is 9.11. The number of aliphatic hydroxyl groups excluding tert-OH is 1. The molecule has 1 aromatic heterocycles. The van der Waals surface area contributed by atoms with E-state index < -0.39 is 24.3 Å². The molecule has 14 heteroatoms. The molecule has 1 saturated heterocycles. The van der Waals surface area contributed by atoms with Gasteiger partial charge in [0.2, 0.25) is 0 Å². The molecule has 208 valence electrons. The highest BCUT2D eigenvalue weighted by molar-refractivity contribution is 5.85. The number of aliphatic hydroxyl groups is 1. The number of benzene rings is 1. The number of alkyl halides is 6. The molecule has 0 radical (unpaired) electrons. The molecule has 1 unspecified atom stereocenters. The minimum atomic E-state index is -5.08. The fourth-order valence-electron chi connectivity index (χ4n) is 3.59. The number of hydrogen-bond acceptors (Lipinski definition) is 6. The number of nitrogens with zero attached hydrogens (tertiary/aromatic N) is 3. The van der Waals surface area contributed by atoms with Crippen LogP contribution in [0.15, 0.2) is 24.3 Å². The van der Waals surface area contributed by atoms with Crippen LogP contribution in [0.5, 0.6) is 0 Å². The van der Waals surface area contributed by atoms with Gasteiger partial charge in [-0.3, -0.25) is 9.88 Å². The van der Waals surface area contributed by atoms with Gasteiger partial charge in [0.1, 0.15) is 0 Å². The summed E-state index contributed by atoms with van der Waals surface area (Å²) < 4.78 is 63.5. The zero-order valence-electron chi connectivity index (χ0n) is 20.4. The summed E-state index contributed by atoms with van der Waals surface area (Å²) in [5.41, 5.74) is 4.82. The van der Waals surface area contributed by atoms with E-state index in [4.69, 9.17) is 24.8 Å². The van der Waals surface area contributed by atoms with Gasteiger partial charge < -0.3 is 20.2 Å². The second-order valence-electron chi connectivity index (χ2n) is 8.38. The van der Waals surface area contributed by atoms with Gasteiger partial charge in [-0.15, -0.1) is 0 Å². The zero-order chi connectivity index (χ0) is 28.6. The van der Waals surface area contributed by atoms with Crippen LogP contribution in [-0.2, 0) is 16.1 Å². The van der Waals surface area contributed by atoms with Gasteiger partial charge in [-0.25, -0.2) is 9.59 Å². The van der Waals surface area contributed by atoms with Gasteiger partial charge in [0.15, 0.2) is 0 Å². The van der Waals surface area contributed by atoms with E-state index in [0.29, 0.717) is 6.04 Å². The van der Waals surface area contributed by atoms with Crippen LogP contribution < -0.4 is 0 Å². The molecule has 3 rings (SSSR count). The summed E-state index contributed by atoms with van der Waals surface area (Å²) >= 11 is 0. The first-order valence-electron chi connectivity index (χ1n) is 11.0. The Kier molecular flexibility index (Phi) is 11.7. The molecule has 1 aliphatic heterocycles. The van der Waals surface area contributed by atoms with Gasteiger partial charge in [-0.2, -0.15) is 26.3 Å². The van der Waals surface area contributed by atoms with Crippen LogP contribution in [0.4, 0.5) is 26.3 Å². The number of halogens is 6. The van der Waals surface area contributed by atoms with E-state index in [2.05, 4.69) is 55.0 Å². The number of para-hydroxylation sites is 1. The van der Waals surface area contributed by atoms with Crippen LogP contribution in [0, 0.1) is 13.8 Å². The first-order valence-corrected chi connectivity index (χ1v) is 11.0. The van der Waals surface area contributed by atoms with E-state index in [0.717, 1.165) is 43.8 Å². The third kappa shape index (κ3) is 10.5. The number of likely N-dealkylation sites (N-methyl/N-ethyl adjacent to an activating group) is 1. The number of piperazine rings is 1. The number of aromatic nitrogens is 1. The highest BCUT2D eigenvalue weighted by atomic mass is 19.4. The maximum Gasteiger partial charge on any atom is 0.490 e. The summed E-state index contributed by atoms with van der Waals surface area (Å²) in [7, 11) is 2.16. The Morgan fingerprint density at radius 3 is 2.05 bits per heavy atom. The quantitative estimate of drug-likeness (QED) is 0.503. The second-order valence-corrected chi connectivity index (χ2v) is 8.38. The lowest BCUT2D eigenvalue weighted by atomic mass is 10.0. The lowest BCUT2D eigenvalue weighted by molar-refractivity contribution is -0.193. The largest absolute Gasteiger partial charge is 0.490 e. The van der Waals surface area contributed by atoms with Crippen LogP contribution in [0.1, 0.15) is 23.2 Å². The molecule has 2 heterocycles. The summed E-state index contributed by atoms with van der Waals surface area (Å²) in [6.45, 7) is 8.59. The molecule has 0 spiro atoms. The van der Waals surface area contributed by atoms with Crippen molar-refractivity contribution >= 4 is 22.8 Å². The fourth-order valence-corrected chi connectivity index (χ4v) is 3.59. The van der Waals surface area contributed by atoms with Crippen molar-refractivity contribution in [3.63, 3.8) is 0 Å². The molecule has 1 aliphatic rings. The Morgan fingerprint density at radius 2 is 1.57 bits per heavy atom. The third-order valence-corrected chi connectivity index (χ3v) is 5.46. The van der Waals surface area contributed by atoms with Crippen molar-refractivity contribution < 1.29 is 51.3 Å². The number of aryl methyl sites for hydroxylation is 2. The van der Waals surface area contributed by atoms with E-state index in [-0.39, 0.29) is 6.61 Å². The fraction of sp³-hybridized carbons (Fsp3) is 0.522. The Bertz CT molecular complexity index is 1040. The van der Waals surface area contributed by atoms with Crippen LogP contribution in [0.25, 0.3) is 10.9 Å². The molecule has 3 N–H and O–H groups in total. The van der Waals surface area contributed by atoms with Crippen molar-refractivity contribution in [2.45, 2.75) is 45.2 Å². The standard InChI is InChI=1S/C19H27N3O.2C2HF3O2/c1-14-5-4-6-18-16(11-15(2)20-19(14)18)12-22-9-8-21(3)17(13-22)7-10-23;2*3-2(4,5)1(6)7/h4-6,11,17,23H,7-10,12-13H2,1-3H3;2*(H,6,7). The number of rotatable bonds is 4. The van der Waals surface area contributed by atoms with Gasteiger partial charge in [0, 0.05) is 49.9 Å². The molecule has 1 atom stereocenters. The van der Waals surface area contributed by atoms with E-state index in [1.54, 1.807) is 0 Å². The third-order valence-electron chi connectivity index (χ3n) is 5.46. The average Bonchev–Trinajstić information content (AvgIpc) is 2.76. The molecule has 0 saturated carbocycles. The number of carbonyl (C=O) groups is 2.